The number of hydrogen-bond acceptors (Lipinski definition) is 4. The SMILES string of the molecule is CNc1ccc(NC(=O)c2cccc(OC)c2)cn1. The van der Waals surface area contributed by atoms with E-state index in [4.69, 9.17) is 4.74 Å². The summed E-state index contributed by atoms with van der Waals surface area (Å²) in [4.78, 5) is 16.2. The molecule has 1 heterocycles. The van der Waals surface area contributed by atoms with E-state index in [-0.39, 0.29) is 5.91 Å². The lowest BCUT2D eigenvalue weighted by Crippen LogP contribution is -2.12. The number of aromatic nitrogens is 1. The van der Waals surface area contributed by atoms with Gasteiger partial charge in [-0.3, -0.25) is 4.79 Å². The van der Waals surface area contributed by atoms with Crippen molar-refractivity contribution in [1.29, 1.82) is 0 Å². The highest BCUT2D eigenvalue weighted by Gasteiger charge is 2.07. The molecule has 0 aliphatic heterocycles. The normalized spacial score (nSPS) is 9.79. The third kappa shape index (κ3) is 3.22. The molecule has 5 heteroatoms. The zero-order valence-electron chi connectivity index (χ0n) is 10.8. The van der Waals surface area contributed by atoms with Crippen LogP contribution in [0.1, 0.15) is 10.4 Å². The van der Waals surface area contributed by atoms with Crippen LogP contribution in [0.4, 0.5) is 11.5 Å². The summed E-state index contributed by atoms with van der Waals surface area (Å²) in [6.07, 6.45) is 1.60. The maximum atomic E-state index is 12.0. The second kappa shape index (κ2) is 5.86. The van der Waals surface area contributed by atoms with Gasteiger partial charge in [0.25, 0.3) is 5.91 Å². The molecule has 0 saturated heterocycles. The molecule has 19 heavy (non-hydrogen) atoms. The molecule has 1 aromatic heterocycles. The number of anilines is 2. The van der Waals surface area contributed by atoms with Crippen LogP contribution in [0.15, 0.2) is 42.6 Å². The average Bonchev–Trinajstić information content (AvgIpc) is 2.48. The lowest BCUT2D eigenvalue weighted by molar-refractivity contribution is 0.102. The van der Waals surface area contributed by atoms with Gasteiger partial charge in [0.2, 0.25) is 0 Å². The molecule has 1 aromatic carbocycles. The molecule has 1 amide bonds. The van der Waals surface area contributed by atoms with Crippen molar-refractivity contribution in [1.82, 2.24) is 4.98 Å². The Bertz CT molecular complexity index is 567. The van der Waals surface area contributed by atoms with Crippen molar-refractivity contribution >= 4 is 17.4 Å². The Balaban J connectivity index is 2.11. The molecule has 0 spiro atoms. The summed E-state index contributed by atoms with van der Waals surface area (Å²) >= 11 is 0. The van der Waals surface area contributed by atoms with Crippen LogP contribution in [-0.2, 0) is 0 Å². The van der Waals surface area contributed by atoms with E-state index in [0.29, 0.717) is 17.0 Å². The van der Waals surface area contributed by atoms with E-state index in [1.54, 1.807) is 56.8 Å². The van der Waals surface area contributed by atoms with Crippen LogP contribution in [0.25, 0.3) is 0 Å². The van der Waals surface area contributed by atoms with Crippen molar-refractivity contribution < 1.29 is 9.53 Å². The number of carbonyl (C=O) groups is 1. The maximum absolute atomic E-state index is 12.0. The second-order valence-electron chi connectivity index (χ2n) is 3.87. The number of rotatable bonds is 4. The molecular weight excluding hydrogens is 242 g/mol. The first kappa shape index (κ1) is 12.9. The summed E-state index contributed by atoms with van der Waals surface area (Å²) < 4.78 is 5.08. The first-order valence-corrected chi connectivity index (χ1v) is 5.82. The van der Waals surface area contributed by atoms with Crippen LogP contribution in [0.2, 0.25) is 0 Å². The summed E-state index contributed by atoms with van der Waals surface area (Å²) in [5.41, 5.74) is 1.18. The van der Waals surface area contributed by atoms with Gasteiger partial charge in [0.05, 0.1) is 19.0 Å². The van der Waals surface area contributed by atoms with Gasteiger partial charge >= 0.3 is 0 Å². The van der Waals surface area contributed by atoms with Gasteiger partial charge < -0.3 is 15.4 Å². The van der Waals surface area contributed by atoms with Gasteiger partial charge in [0.1, 0.15) is 11.6 Å². The summed E-state index contributed by atoms with van der Waals surface area (Å²) in [6.45, 7) is 0. The van der Waals surface area contributed by atoms with Crippen LogP contribution in [0.3, 0.4) is 0 Å². The monoisotopic (exact) mass is 257 g/mol. The number of nitrogens with one attached hydrogen (secondary N) is 2. The Morgan fingerprint density at radius 2 is 2.11 bits per heavy atom. The molecule has 98 valence electrons. The fraction of sp³-hybridized carbons (Fsp3) is 0.143. The third-order valence-corrected chi connectivity index (χ3v) is 2.61. The van der Waals surface area contributed by atoms with Crippen LogP contribution in [0.5, 0.6) is 5.75 Å². The molecule has 0 unspecified atom stereocenters. The van der Waals surface area contributed by atoms with E-state index < -0.39 is 0 Å². The standard InChI is InChI=1S/C14H15N3O2/c1-15-13-7-6-11(9-16-13)17-14(18)10-4-3-5-12(8-10)19-2/h3-9H,1-2H3,(H,15,16)(H,17,18). The van der Waals surface area contributed by atoms with Gasteiger partial charge in [0.15, 0.2) is 0 Å². The summed E-state index contributed by atoms with van der Waals surface area (Å²) in [5, 5.41) is 5.69. The molecule has 0 saturated carbocycles. The van der Waals surface area contributed by atoms with E-state index in [1.807, 2.05) is 0 Å². The minimum absolute atomic E-state index is 0.196. The Morgan fingerprint density at radius 3 is 2.74 bits per heavy atom. The van der Waals surface area contributed by atoms with Gasteiger partial charge in [-0.25, -0.2) is 4.98 Å². The quantitative estimate of drug-likeness (QED) is 0.882. The highest BCUT2D eigenvalue weighted by Crippen LogP contribution is 2.15. The van der Waals surface area contributed by atoms with Crippen molar-refractivity contribution in [3.63, 3.8) is 0 Å². The van der Waals surface area contributed by atoms with E-state index in [2.05, 4.69) is 15.6 Å². The van der Waals surface area contributed by atoms with Crippen molar-refractivity contribution in [2.45, 2.75) is 0 Å². The summed E-state index contributed by atoms with van der Waals surface area (Å²) in [6, 6.07) is 10.6. The highest BCUT2D eigenvalue weighted by atomic mass is 16.5. The molecule has 0 fully saturated rings. The average molecular weight is 257 g/mol. The van der Waals surface area contributed by atoms with E-state index in [0.717, 1.165) is 5.82 Å². The first-order valence-electron chi connectivity index (χ1n) is 5.82. The van der Waals surface area contributed by atoms with Gasteiger partial charge in [-0.2, -0.15) is 0 Å². The third-order valence-electron chi connectivity index (χ3n) is 2.61. The van der Waals surface area contributed by atoms with Gasteiger partial charge in [-0.1, -0.05) is 6.07 Å². The molecule has 2 aromatic rings. The lowest BCUT2D eigenvalue weighted by Gasteiger charge is -2.07. The summed E-state index contributed by atoms with van der Waals surface area (Å²) in [5.74, 6) is 1.20. The smallest absolute Gasteiger partial charge is 0.255 e. The van der Waals surface area contributed by atoms with Gasteiger partial charge in [-0.15, -0.1) is 0 Å². The fourth-order valence-electron chi connectivity index (χ4n) is 1.58. The van der Waals surface area contributed by atoms with Crippen molar-refractivity contribution in [3.05, 3.63) is 48.2 Å². The van der Waals surface area contributed by atoms with Gasteiger partial charge in [0, 0.05) is 12.6 Å². The molecule has 0 radical (unpaired) electrons. The second-order valence-corrected chi connectivity index (χ2v) is 3.87. The topological polar surface area (TPSA) is 63.2 Å². The lowest BCUT2D eigenvalue weighted by atomic mass is 10.2. The number of benzene rings is 1. The van der Waals surface area contributed by atoms with Crippen LogP contribution >= 0.6 is 0 Å². The maximum Gasteiger partial charge on any atom is 0.255 e. The van der Waals surface area contributed by atoms with Crippen molar-refractivity contribution in [3.8, 4) is 5.75 Å². The predicted octanol–water partition coefficient (Wildman–Crippen LogP) is 2.38. The molecule has 5 nitrogen and oxygen atoms in total. The Hall–Kier alpha value is -2.56. The minimum atomic E-state index is -0.196. The van der Waals surface area contributed by atoms with Crippen molar-refractivity contribution in [2.75, 3.05) is 24.8 Å². The minimum Gasteiger partial charge on any atom is -0.497 e. The zero-order chi connectivity index (χ0) is 13.7. The summed E-state index contributed by atoms with van der Waals surface area (Å²) in [7, 11) is 3.36. The zero-order valence-corrected chi connectivity index (χ0v) is 10.8. The number of hydrogen-bond donors (Lipinski definition) is 2. The molecule has 2 N–H and O–H groups in total. The molecule has 0 atom stereocenters. The van der Waals surface area contributed by atoms with Gasteiger partial charge in [-0.05, 0) is 30.3 Å². The number of amides is 1. The highest BCUT2D eigenvalue weighted by molar-refractivity contribution is 6.04. The molecular formula is C14H15N3O2. The van der Waals surface area contributed by atoms with Crippen LogP contribution in [0, 0.1) is 0 Å². The van der Waals surface area contributed by atoms with E-state index >= 15 is 0 Å². The number of pyridine rings is 1. The number of ether oxygens (including phenoxy) is 1. The van der Waals surface area contributed by atoms with E-state index in [9.17, 15) is 4.79 Å². The van der Waals surface area contributed by atoms with Crippen molar-refractivity contribution in [2.24, 2.45) is 0 Å². The largest absolute Gasteiger partial charge is 0.497 e. The van der Waals surface area contributed by atoms with Crippen LogP contribution < -0.4 is 15.4 Å². The molecule has 0 aliphatic carbocycles. The Labute approximate surface area is 111 Å². The first-order chi connectivity index (χ1) is 9.22. The molecule has 0 bridgehead atoms. The number of nitrogens with zero attached hydrogens (tertiary/aromatic N) is 1. The predicted molar refractivity (Wildman–Crippen MR) is 74.7 cm³/mol. The Morgan fingerprint density at radius 1 is 1.26 bits per heavy atom. The number of methoxy groups -OCH3 is 1. The fourth-order valence-corrected chi connectivity index (χ4v) is 1.58. The molecule has 2 rings (SSSR count). The van der Waals surface area contributed by atoms with Crippen LogP contribution in [-0.4, -0.2) is 25.0 Å². The van der Waals surface area contributed by atoms with E-state index in [1.165, 1.54) is 0 Å². The Kier molecular flexibility index (Phi) is 3.97. The molecule has 0 aliphatic rings. The number of carbonyl (C=O) groups excluding carboxylic acids is 1.